The number of pyridine rings is 2. The lowest BCUT2D eigenvalue weighted by molar-refractivity contribution is 0.0827. The first-order valence-electron chi connectivity index (χ1n) is 15.1. The number of nitrogens with two attached hydrogens (primary N) is 1. The minimum atomic E-state index is -0.453. The highest BCUT2D eigenvalue weighted by Crippen LogP contribution is 2.33. The monoisotopic (exact) mass is 583 g/mol. The van der Waals surface area contributed by atoms with Gasteiger partial charge >= 0.3 is 0 Å². The zero-order chi connectivity index (χ0) is 30.7. The number of aromatic nitrogens is 2. The molecule has 3 heterocycles. The predicted octanol–water partition coefficient (Wildman–Crippen LogP) is 3.93. The molecule has 43 heavy (non-hydrogen) atoms. The van der Waals surface area contributed by atoms with Crippen LogP contribution in [0, 0.1) is 5.92 Å². The van der Waals surface area contributed by atoms with Crippen LogP contribution in [0.1, 0.15) is 76.1 Å². The summed E-state index contributed by atoms with van der Waals surface area (Å²) in [6.45, 7) is 4.91. The number of hydrogen-bond donors (Lipinski definition) is 2. The maximum absolute atomic E-state index is 13.5. The molecule has 226 valence electrons. The lowest BCUT2D eigenvalue weighted by Gasteiger charge is -2.35. The Hall–Kier alpha value is -4.08. The number of nitrogens with zero attached hydrogens (tertiary/aromatic N) is 4. The van der Waals surface area contributed by atoms with Gasteiger partial charge in [-0.15, -0.1) is 0 Å². The topological polar surface area (TPSA) is 122 Å². The summed E-state index contributed by atoms with van der Waals surface area (Å²) in [6.07, 6.45) is 8.74. The average Bonchev–Trinajstić information content (AvgIpc) is 3.00. The molecule has 9 heteroatoms. The van der Waals surface area contributed by atoms with E-state index in [-0.39, 0.29) is 42.4 Å². The lowest BCUT2D eigenvalue weighted by atomic mass is 9.85. The summed E-state index contributed by atoms with van der Waals surface area (Å²) < 4.78 is 1.50. The minimum absolute atomic E-state index is 0.0180. The second-order valence-electron chi connectivity index (χ2n) is 12.0. The molecule has 1 saturated heterocycles. The van der Waals surface area contributed by atoms with E-state index in [1.165, 1.54) is 15.7 Å². The molecule has 9 nitrogen and oxygen atoms in total. The van der Waals surface area contributed by atoms with Gasteiger partial charge in [-0.05, 0) is 80.4 Å². The van der Waals surface area contributed by atoms with Gasteiger partial charge in [-0.2, -0.15) is 0 Å². The van der Waals surface area contributed by atoms with Crippen LogP contribution in [0.4, 0.5) is 5.69 Å². The largest absolute Gasteiger partial charge is 0.398 e. The number of piperidine rings is 1. The van der Waals surface area contributed by atoms with E-state index in [4.69, 9.17) is 10.8 Å². The number of fused-ring (bicyclic) bond motifs is 1. The SMILES string of the molecule is CC1Cc2nccc(-n3ccc(N)c(C(=O)CCCO)c3=O)c2C=C1CN1CCC(c2ccc(C(=O)N(C)C)cc2)CC1. The van der Waals surface area contributed by atoms with Crippen molar-refractivity contribution in [1.82, 2.24) is 19.4 Å². The summed E-state index contributed by atoms with van der Waals surface area (Å²) in [4.78, 5) is 47.2. The number of nitrogen functional groups attached to an aromatic ring is 1. The molecule has 3 N–H and O–H groups in total. The third-order valence-electron chi connectivity index (χ3n) is 8.77. The number of hydrogen-bond acceptors (Lipinski definition) is 7. The van der Waals surface area contributed by atoms with Crippen LogP contribution in [-0.2, 0) is 6.42 Å². The van der Waals surface area contributed by atoms with E-state index in [0.717, 1.165) is 50.2 Å². The summed E-state index contributed by atoms with van der Waals surface area (Å²) >= 11 is 0. The van der Waals surface area contributed by atoms with E-state index in [1.807, 2.05) is 18.2 Å². The maximum Gasteiger partial charge on any atom is 0.268 e. The van der Waals surface area contributed by atoms with Crippen LogP contribution in [0.15, 0.2) is 59.2 Å². The number of aliphatic hydroxyl groups is 1. The summed E-state index contributed by atoms with van der Waals surface area (Å²) in [5, 5.41) is 9.14. The highest BCUT2D eigenvalue weighted by molar-refractivity contribution is 6.00. The van der Waals surface area contributed by atoms with Crippen molar-refractivity contribution in [2.75, 3.05) is 46.1 Å². The molecule has 1 aliphatic carbocycles. The lowest BCUT2D eigenvalue weighted by Crippen LogP contribution is -2.36. The molecule has 2 aliphatic rings. The average molecular weight is 584 g/mol. The molecule has 3 aromatic rings. The van der Waals surface area contributed by atoms with E-state index in [9.17, 15) is 14.4 Å². The highest BCUT2D eigenvalue weighted by atomic mass is 16.3. The van der Waals surface area contributed by atoms with Gasteiger partial charge in [-0.1, -0.05) is 30.7 Å². The summed E-state index contributed by atoms with van der Waals surface area (Å²) in [6, 6.07) is 11.5. The van der Waals surface area contributed by atoms with Crippen molar-refractivity contribution >= 4 is 23.5 Å². The molecule has 0 spiro atoms. The number of ketones is 1. The predicted molar refractivity (Wildman–Crippen MR) is 169 cm³/mol. The van der Waals surface area contributed by atoms with E-state index in [1.54, 1.807) is 37.5 Å². The number of amides is 1. The number of Topliss-reactive ketones (excluding diaryl/α,β-unsaturated/α-hetero) is 1. The number of benzene rings is 1. The third-order valence-corrected chi connectivity index (χ3v) is 8.77. The summed E-state index contributed by atoms with van der Waals surface area (Å²) in [5.74, 6) is 0.443. The van der Waals surface area contributed by atoms with Gasteiger partial charge < -0.3 is 15.7 Å². The Kier molecular flexibility index (Phi) is 9.22. The molecule has 0 bridgehead atoms. The fourth-order valence-corrected chi connectivity index (χ4v) is 6.21. The second kappa shape index (κ2) is 13.1. The summed E-state index contributed by atoms with van der Waals surface area (Å²) in [7, 11) is 3.53. The fraction of sp³-hybridized carbons (Fsp3) is 0.412. The quantitative estimate of drug-likeness (QED) is 0.366. The van der Waals surface area contributed by atoms with Crippen LogP contribution in [0.25, 0.3) is 11.8 Å². The van der Waals surface area contributed by atoms with E-state index >= 15 is 0 Å². The van der Waals surface area contributed by atoms with Crippen LogP contribution in [0.3, 0.4) is 0 Å². The molecule has 2 aromatic heterocycles. The normalized spacial score (nSPS) is 17.3. The van der Waals surface area contributed by atoms with Crippen LogP contribution in [0.2, 0.25) is 0 Å². The van der Waals surface area contributed by atoms with Gasteiger partial charge in [0.1, 0.15) is 5.56 Å². The molecule has 1 unspecified atom stereocenters. The smallest absolute Gasteiger partial charge is 0.268 e. The van der Waals surface area contributed by atoms with Crippen molar-refractivity contribution in [3.63, 3.8) is 0 Å². The standard InChI is InChI=1S/C34H41N5O4/c1-22-19-29-27(30(10-14-36-29)39-17-13-28(35)32(34(39)43)31(41)5-4-18-40)20-26(22)21-38-15-11-24(12-16-38)23-6-8-25(9-7-23)33(42)37(2)3/h6-10,13-14,17,20,22,24,40H,4-5,11-12,15-16,18-19,21,35H2,1-3H3. The van der Waals surface area contributed by atoms with Crippen molar-refractivity contribution in [1.29, 1.82) is 0 Å². The molecular weight excluding hydrogens is 542 g/mol. The van der Waals surface area contributed by atoms with Crippen LogP contribution in [0.5, 0.6) is 0 Å². The number of carbonyl (C=O) groups is 2. The number of carbonyl (C=O) groups excluding carboxylic acids is 2. The van der Waals surface area contributed by atoms with Crippen molar-refractivity contribution in [2.45, 2.75) is 44.9 Å². The molecule has 5 rings (SSSR count). The number of aliphatic hydroxyl groups excluding tert-OH is 1. The molecule has 1 atom stereocenters. The second-order valence-corrected chi connectivity index (χ2v) is 12.0. The van der Waals surface area contributed by atoms with Gasteiger partial charge in [0.15, 0.2) is 5.78 Å². The van der Waals surface area contributed by atoms with Gasteiger partial charge in [-0.25, -0.2) is 0 Å². The van der Waals surface area contributed by atoms with Gasteiger partial charge in [-0.3, -0.25) is 28.8 Å². The van der Waals surface area contributed by atoms with Gasteiger partial charge in [0.05, 0.1) is 11.4 Å². The number of likely N-dealkylation sites (tertiary alicyclic amines) is 1. The summed E-state index contributed by atoms with van der Waals surface area (Å²) in [5.41, 5.74) is 11.5. The Labute approximate surface area is 252 Å². The van der Waals surface area contributed by atoms with Crippen molar-refractivity contribution in [2.24, 2.45) is 5.92 Å². The van der Waals surface area contributed by atoms with Crippen molar-refractivity contribution in [3.8, 4) is 5.69 Å². The highest BCUT2D eigenvalue weighted by Gasteiger charge is 2.27. The Morgan fingerprint density at radius 1 is 1.09 bits per heavy atom. The van der Waals surface area contributed by atoms with Gasteiger partial charge in [0, 0.05) is 62.9 Å². The van der Waals surface area contributed by atoms with E-state index in [2.05, 4.69) is 35.0 Å². The molecule has 1 aromatic carbocycles. The van der Waals surface area contributed by atoms with Crippen LogP contribution in [-0.4, -0.2) is 76.5 Å². The first kappa shape index (κ1) is 30.4. The Morgan fingerprint density at radius 3 is 2.49 bits per heavy atom. The van der Waals surface area contributed by atoms with E-state index < -0.39 is 5.56 Å². The third kappa shape index (κ3) is 6.48. The zero-order valence-electron chi connectivity index (χ0n) is 25.3. The van der Waals surface area contributed by atoms with Crippen molar-refractivity contribution < 1.29 is 14.7 Å². The molecule has 0 radical (unpaired) electrons. The Morgan fingerprint density at radius 2 is 1.81 bits per heavy atom. The van der Waals surface area contributed by atoms with E-state index in [0.29, 0.717) is 23.1 Å². The molecule has 1 amide bonds. The molecule has 1 fully saturated rings. The fourth-order valence-electron chi connectivity index (χ4n) is 6.21. The van der Waals surface area contributed by atoms with Gasteiger partial charge in [0.25, 0.3) is 11.5 Å². The Bertz CT molecular complexity index is 1580. The maximum atomic E-state index is 13.5. The number of anilines is 1. The molecular formula is C34H41N5O4. The van der Waals surface area contributed by atoms with Crippen LogP contribution >= 0.6 is 0 Å². The van der Waals surface area contributed by atoms with Gasteiger partial charge in [0.2, 0.25) is 0 Å². The Balaban J connectivity index is 1.33. The minimum Gasteiger partial charge on any atom is -0.398 e. The first-order chi connectivity index (χ1) is 20.7. The van der Waals surface area contributed by atoms with Crippen LogP contribution < -0.4 is 11.3 Å². The zero-order valence-corrected chi connectivity index (χ0v) is 25.3. The first-order valence-corrected chi connectivity index (χ1v) is 15.1. The molecule has 1 aliphatic heterocycles. The number of rotatable bonds is 9. The van der Waals surface area contributed by atoms with Crippen molar-refractivity contribution in [3.05, 3.63) is 92.7 Å². The molecule has 0 saturated carbocycles.